The zero-order valence-corrected chi connectivity index (χ0v) is 9.59. The van der Waals surface area contributed by atoms with Gasteiger partial charge in [0, 0.05) is 5.54 Å². The first-order valence-corrected chi connectivity index (χ1v) is 5.32. The minimum absolute atomic E-state index is 0.0938. The van der Waals surface area contributed by atoms with E-state index in [1.807, 2.05) is 0 Å². The summed E-state index contributed by atoms with van der Waals surface area (Å²) in [5, 5.41) is 3.37. The van der Waals surface area contributed by atoms with E-state index in [1.165, 1.54) is 7.11 Å². The van der Waals surface area contributed by atoms with Crippen molar-refractivity contribution in [2.45, 2.75) is 51.6 Å². The van der Waals surface area contributed by atoms with E-state index in [1.54, 1.807) is 0 Å². The molecule has 3 heteroatoms. The highest BCUT2D eigenvalue weighted by molar-refractivity contribution is 5.76. The molecule has 1 rings (SSSR count). The van der Waals surface area contributed by atoms with Gasteiger partial charge in [-0.1, -0.05) is 13.8 Å². The molecule has 1 saturated heterocycles. The van der Waals surface area contributed by atoms with Crippen LogP contribution in [0.25, 0.3) is 0 Å². The molecule has 1 fully saturated rings. The van der Waals surface area contributed by atoms with Crippen LogP contribution in [0.2, 0.25) is 0 Å². The van der Waals surface area contributed by atoms with Gasteiger partial charge in [0.2, 0.25) is 0 Å². The minimum atomic E-state index is -0.127. The predicted molar refractivity (Wildman–Crippen MR) is 56.0 cm³/mol. The van der Waals surface area contributed by atoms with E-state index >= 15 is 0 Å². The molecule has 3 nitrogen and oxygen atoms in total. The summed E-state index contributed by atoms with van der Waals surface area (Å²) < 4.78 is 4.73. The average Bonchev–Trinajstić information content (AvgIpc) is 2.45. The van der Waals surface area contributed by atoms with Crippen LogP contribution in [0.15, 0.2) is 0 Å². The lowest BCUT2D eigenvalue weighted by Gasteiger charge is -2.27. The molecule has 14 heavy (non-hydrogen) atoms. The monoisotopic (exact) mass is 199 g/mol. The first kappa shape index (κ1) is 11.5. The molecule has 0 amide bonds. The summed E-state index contributed by atoms with van der Waals surface area (Å²) in [6.07, 6.45) is 3.07. The highest BCUT2D eigenvalue weighted by Gasteiger charge is 2.38. The number of rotatable bonds is 3. The first-order chi connectivity index (χ1) is 6.47. The van der Waals surface area contributed by atoms with Gasteiger partial charge < -0.3 is 4.74 Å². The number of carbonyl (C=O) groups is 1. The summed E-state index contributed by atoms with van der Waals surface area (Å²) in [4.78, 5) is 11.3. The van der Waals surface area contributed by atoms with E-state index in [0.29, 0.717) is 5.92 Å². The molecule has 0 spiro atoms. The Morgan fingerprint density at radius 3 is 2.79 bits per heavy atom. The van der Waals surface area contributed by atoms with Crippen molar-refractivity contribution in [1.82, 2.24) is 5.32 Å². The van der Waals surface area contributed by atoms with Crippen LogP contribution in [0, 0.1) is 5.92 Å². The lowest BCUT2D eigenvalue weighted by atomic mass is 9.90. The van der Waals surface area contributed by atoms with Crippen LogP contribution in [0.4, 0.5) is 0 Å². The largest absolute Gasteiger partial charge is 0.468 e. The van der Waals surface area contributed by atoms with E-state index in [2.05, 4.69) is 26.1 Å². The van der Waals surface area contributed by atoms with E-state index < -0.39 is 0 Å². The Bertz CT molecular complexity index is 215. The maximum absolute atomic E-state index is 11.3. The molecule has 0 aromatic carbocycles. The van der Waals surface area contributed by atoms with Gasteiger partial charge in [0.05, 0.1) is 7.11 Å². The smallest absolute Gasteiger partial charge is 0.322 e. The highest BCUT2D eigenvalue weighted by atomic mass is 16.5. The zero-order chi connectivity index (χ0) is 10.8. The highest BCUT2D eigenvalue weighted by Crippen LogP contribution is 2.29. The van der Waals surface area contributed by atoms with Gasteiger partial charge in [-0.05, 0) is 32.1 Å². The van der Waals surface area contributed by atoms with Gasteiger partial charge in [-0.3, -0.25) is 10.1 Å². The van der Waals surface area contributed by atoms with E-state index in [9.17, 15) is 4.79 Å². The Morgan fingerprint density at radius 1 is 1.64 bits per heavy atom. The SMILES string of the molecule is COC(=O)C1CCC(C)(CC(C)C)N1. The topological polar surface area (TPSA) is 38.3 Å². The van der Waals surface area contributed by atoms with Gasteiger partial charge >= 0.3 is 5.97 Å². The quantitative estimate of drug-likeness (QED) is 0.703. The van der Waals surface area contributed by atoms with Crippen LogP contribution in [-0.4, -0.2) is 24.7 Å². The molecule has 2 atom stereocenters. The Morgan fingerprint density at radius 2 is 2.29 bits per heavy atom. The molecule has 1 heterocycles. The number of ether oxygens (including phenoxy) is 1. The summed E-state index contributed by atoms with van der Waals surface area (Å²) in [7, 11) is 1.45. The Kier molecular flexibility index (Phi) is 3.53. The van der Waals surface area contributed by atoms with Gasteiger partial charge in [0.1, 0.15) is 6.04 Å². The Hall–Kier alpha value is -0.570. The standard InChI is InChI=1S/C11H21NO2/c1-8(2)7-11(3)6-5-9(12-11)10(13)14-4/h8-9,12H,5-7H2,1-4H3. The second kappa shape index (κ2) is 4.30. The fourth-order valence-electron chi connectivity index (χ4n) is 2.41. The molecular weight excluding hydrogens is 178 g/mol. The van der Waals surface area contributed by atoms with Gasteiger partial charge in [-0.25, -0.2) is 0 Å². The number of hydrogen-bond acceptors (Lipinski definition) is 3. The van der Waals surface area contributed by atoms with E-state index in [4.69, 9.17) is 4.74 Å². The summed E-state index contributed by atoms with van der Waals surface area (Å²) >= 11 is 0. The van der Waals surface area contributed by atoms with Crippen LogP contribution in [0.5, 0.6) is 0 Å². The number of nitrogens with one attached hydrogen (secondary N) is 1. The third kappa shape index (κ3) is 2.71. The molecule has 1 N–H and O–H groups in total. The minimum Gasteiger partial charge on any atom is -0.468 e. The number of esters is 1. The van der Waals surface area contributed by atoms with Crippen molar-refractivity contribution in [2.75, 3.05) is 7.11 Å². The third-order valence-electron chi connectivity index (χ3n) is 2.85. The normalized spacial score (nSPS) is 32.2. The van der Waals surface area contributed by atoms with Crippen molar-refractivity contribution in [1.29, 1.82) is 0 Å². The lowest BCUT2D eigenvalue weighted by Crippen LogP contribution is -2.44. The van der Waals surface area contributed by atoms with E-state index in [-0.39, 0.29) is 17.6 Å². The average molecular weight is 199 g/mol. The second-order valence-corrected chi connectivity index (χ2v) is 4.92. The van der Waals surface area contributed by atoms with Crippen LogP contribution >= 0.6 is 0 Å². The first-order valence-electron chi connectivity index (χ1n) is 5.32. The van der Waals surface area contributed by atoms with Gasteiger partial charge in [0.15, 0.2) is 0 Å². The van der Waals surface area contributed by atoms with Gasteiger partial charge in [-0.2, -0.15) is 0 Å². The van der Waals surface area contributed by atoms with Crippen LogP contribution in [-0.2, 0) is 9.53 Å². The number of carbonyl (C=O) groups excluding carboxylic acids is 1. The molecule has 1 aliphatic heterocycles. The summed E-state index contributed by atoms with van der Waals surface area (Å²) in [5.41, 5.74) is 0.118. The molecule has 0 radical (unpaired) electrons. The molecule has 0 bridgehead atoms. The summed E-state index contributed by atoms with van der Waals surface area (Å²) in [5.74, 6) is 0.529. The van der Waals surface area contributed by atoms with Crippen LogP contribution in [0.1, 0.15) is 40.0 Å². The number of methoxy groups -OCH3 is 1. The fraction of sp³-hybridized carbons (Fsp3) is 0.909. The van der Waals surface area contributed by atoms with Crippen molar-refractivity contribution in [3.8, 4) is 0 Å². The van der Waals surface area contributed by atoms with Gasteiger partial charge in [0.25, 0.3) is 0 Å². The van der Waals surface area contributed by atoms with Crippen molar-refractivity contribution in [2.24, 2.45) is 5.92 Å². The third-order valence-corrected chi connectivity index (χ3v) is 2.85. The predicted octanol–water partition coefficient (Wildman–Crippen LogP) is 1.72. The van der Waals surface area contributed by atoms with Crippen LogP contribution < -0.4 is 5.32 Å². The molecule has 0 aliphatic carbocycles. The Labute approximate surface area is 86.2 Å². The van der Waals surface area contributed by atoms with E-state index in [0.717, 1.165) is 19.3 Å². The summed E-state index contributed by atoms with van der Waals surface area (Å²) in [6.45, 7) is 6.60. The molecule has 0 saturated carbocycles. The Balaban J connectivity index is 2.50. The number of hydrogen-bond donors (Lipinski definition) is 1. The van der Waals surface area contributed by atoms with Crippen molar-refractivity contribution < 1.29 is 9.53 Å². The second-order valence-electron chi connectivity index (χ2n) is 4.92. The maximum atomic E-state index is 11.3. The molecule has 0 aromatic rings. The molecular formula is C11H21NO2. The van der Waals surface area contributed by atoms with Gasteiger partial charge in [-0.15, -0.1) is 0 Å². The summed E-state index contributed by atoms with van der Waals surface area (Å²) in [6, 6.07) is -0.0938. The van der Waals surface area contributed by atoms with Crippen LogP contribution in [0.3, 0.4) is 0 Å². The van der Waals surface area contributed by atoms with Crippen molar-refractivity contribution in [3.63, 3.8) is 0 Å². The maximum Gasteiger partial charge on any atom is 0.322 e. The van der Waals surface area contributed by atoms with Crippen molar-refractivity contribution in [3.05, 3.63) is 0 Å². The molecule has 1 aliphatic rings. The van der Waals surface area contributed by atoms with Crippen molar-refractivity contribution >= 4 is 5.97 Å². The fourth-order valence-corrected chi connectivity index (χ4v) is 2.41. The molecule has 2 unspecified atom stereocenters. The lowest BCUT2D eigenvalue weighted by molar-refractivity contribution is -0.142. The molecule has 0 aromatic heterocycles. The zero-order valence-electron chi connectivity index (χ0n) is 9.59. The molecule has 82 valence electrons.